The Balaban J connectivity index is 2.23. The number of thioether (sulfide) groups is 1. The average molecular weight is 332 g/mol. The summed E-state index contributed by atoms with van der Waals surface area (Å²) in [6.07, 6.45) is 0.881. The van der Waals surface area contributed by atoms with Crippen LogP contribution < -0.4 is 21.7 Å². The van der Waals surface area contributed by atoms with E-state index in [0.29, 0.717) is 29.1 Å². The molecule has 0 spiro atoms. The molecule has 0 atom stereocenters. The molecule has 0 aliphatic heterocycles. The molecule has 1 aromatic rings. The molecule has 0 saturated carbocycles. The lowest BCUT2D eigenvalue weighted by atomic mass is 10.6. The van der Waals surface area contributed by atoms with Crippen molar-refractivity contribution < 1.29 is 4.92 Å². The number of rotatable bonds is 9. The van der Waals surface area contributed by atoms with Gasteiger partial charge < -0.3 is 21.7 Å². The third kappa shape index (κ3) is 7.31. The van der Waals surface area contributed by atoms with Crippen molar-refractivity contribution in [3.05, 3.63) is 28.0 Å². The maximum atomic E-state index is 10.3. The quantitative estimate of drug-likeness (QED) is 0.138. The molecule has 0 amide bonds. The van der Waals surface area contributed by atoms with Gasteiger partial charge in [-0.05, 0) is 0 Å². The van der Waals surface area contributed by atoms with Crippen molar-refractivity contribution in [2.45, 2.75) is 5.75 Å². The van der Waals surface area contributed by atoms with Crippen molar-refractivity contribution in [3.63, 3.8) is 0 Å². The predicted molar refractivity (Wildman–Crippen MR) is 83.7 cm³/mol. The van der Waals surface area contributed by atoms with Crippen LogP contribution in [0.4, 0.5) is 5.13 Å². The molecule has 21 heavy (non-hydrogen) atoms. The molecule has 10 nitrogen and oxygen atoms in total. The Hall–Kier alpha value is -2.08. The molecule has 0 unspecified atom stereocenters. The van der Waals surface area contributed by atoms with Gasteiger partial charge in [0.25, 0.3) is 6.20 Å². The Morgan fingerprint density at radius 2 is 2.43 bits per heavy atom. The lowest BCUT2D eigenvalue weighted by Crippen LogP contribution is -2.26. The summed E-state index contributed by atoms with van der Waals surface area (Å²) in [5.74, 6) is 2.20. The van der Waals surface area contributed by atoms with E-state index >= 15 is 0 Å². The normalized spacial score (nSPS) is 11.0. The van der Waals surface area contributed by atoms with Gasteiger partial charge in [-0.25, -0.2) is 4.98 Å². The fraction of sp³-hybridized carbons (Fsp3) is 0.444. The molecule has 0 bridgehead atoms. The van der Waals surface area contributed by atoms with E-state index in [2.05, 4.69) is 25.3 Å². The minimum atomic E-state index is -0.519. The van der Waals surface area contributed by atoms with E-state index in [-0.39, 0.29) is 5.96 Å². The number of anilines is 1. The second-order valence-electron chi connectivity index (χ2n) is 3.61. The first-order valence-corrected chi connectivity index (χ1v) is 7.72. The molecule has 0 fully saturated rings. The lowest BCUT2D eigenvalue weighted by Gasteiger charge is -2.06. The maximum absolute atomic E-state index is 10.3. The number of nitro groups is 1. The van der Waals surface area contributed by atoms with Gasteiger partial charge in [-0.2, -0.15) is 16.1 Å². The first kappa shape index (κ1) is 17.0. The molecule has 12 heteroatoms. The van der Waals surface area contributed by atoms with Crippen LogP contribution in [0.2, 0.25) is 0 Å². The number of nitrogens with one attached hydrogen (secondary N) is 4. The van der Waals surface area contributed by atoms with Crippen molar-refractivity contribution in [1.82, 2.24) is 20.0 Å². The van der Waals surface area contributed by atoms with E-state index in [0.717, 1.165) is 23.5 Å². The third-order valence-corrected chi connectivity index (χ3v) is 3.63. The van der Waals surface area contributed by atoms with E-state index in [9.17, 15) is 10.1 Å². The van der Waals surface area contributed by atoms with Crippen molar-refractivity contribution in [1.29, 1.82) is 5.41 Å². The maximum Gasteiger partial charge on any atom is 0.274 e. The van der Waals surface area contributed by atoms with Crippen LogP contribution in [-0.2, 0) is 5.75 Å². The van der Waals surface area contributed by atoms with E-state index in [1.807, 2.05) is 0 Å². The molecular weight excluding hydrogens is 316 g/mol. The Morgan fingerprint density at radius 3 is 3.05 bits per heavy atom. The molecule has 0 radical (unpaired) electrons. The van der Waals surface area contributed by atoms with Gasteiger partial charge in [-0.15, -0.1) is 0 Å². The fourth-order valence-corrected chi connectivity index (χ4v) is 2.59. The van der Waals surface area contributed by atoms with Crippen LogP contribution in [0.5, 0.6) is 0 Å². The lowest BCUT2D eigenvalue weighted by molar-refractivity contribution is -0.404. The zero-order chi connectivity index (χ0) is 15.7. The monoisotopic (exact) mass is 332 g/mol. The second kappa shape index (κ2) is 8.97. The zero-order valence-electron chi connectivity index (χ0n) is 11.3. The minimum absolute atomic E-state index is 0.174. The molecule has 1 aromatic heterocycles. The highest BCUT2D eigenvalue weighted by molar-refractivity contribution is 7.98. The number of nitrogens with two attached hydrogens (primary N) is 1. The van der Waals surface area contributed by atoms with Gasteiger partial charge in [-0.1, -0.05) is 0 Å². The summed E-state index contributed by atoms with van der Waals surface area (Å²) in [6.45, 7) is 0.577. The Kier molecular flexibility index (Phi) is 7.25. The number of hydrogen-bond donors (Lipinski definition) is 5. The number of hydrogen-bond acceptors (Lipinski definition) is 9. The summed E-state index contributed by atoms with van der Waals surface area (Å²) >= 11 is 2.73. The van der Waals surface area contributed by atoms with Crippen molar-refractivity contribution in [2.24, 2.45) is 5.73 Å². The van der Waals surface area contributed by atoms with Crippen LogP contribution in [0.25, 0.3) is 0 Å². The average Bonchev–Trinajstić information content (AvgIpc) is 2.83. The van der Waals surface area contributed by atoms with Gasteiger partial charge in [0.1, 0.15) is 0 Å². The van der Waals surface area contributed by atoms with Gasteiger partial charge in [0.05, 0.1) is 10.7 Å². The molecule has 1 rings (SSSR count). The van der Waals surface area contributed by atoms with E-state index < -0.39 is 4.92 Å². The number of aromatic nitrogens is 2. The molecule has 6 N–H and O–H groups in total. The first-order chi connectivity index (χ1) is 10.0. The van der Waals surface area contributed by atoms with Crippen LogP contribution in [0, 0.1) is 15.5 Å². The van der Waals surface area contributed by atoms with Gasteiger partial charge in [0.15, 0.2) is 17.6 Å². The largest absolute Gasteiger partial charge is 0.370 e. The first-order valence-electron chi connectivity index (χ1n) is 5.79. The summed E-state index contributed by atoms with van der Waals surface area (Å²) in [4.78, 5) is 14.0. The van der Waals surface area contributed by atoms with Crippen LogP contribution in [0.1, 0.15) is 5.82 Å². The van der Waals surface area contributed by atoms with Gasteiger partial charge in [-0.3, -0.25) is 15.5 Å². The van der Waals surface area contributed by atoms with Crippen LogP contribution in [0.15, 0.2) is 12.0 Å². The molecule has 1 heterocycles. The van der Waals surface area contributed by atoms with Crippen LogP contribution in [-0.4, -0.2) is 39.6 Å². The zero-order valence-corrected chi connectivity index (χ0v) is 12.9. The second-order valence-corrected chi connectivity index (χ2v) is 5.47. The fourth-order valence-electron chi connectivity index (χ4n) is 1.20. The third-order valence-electron chi connectivity index (χ3n) is 2.01. The molecular formula is C9H16N8O2S2. The van der Waals surface area contributed by atoms with E-state index in [1.165, 1.54) is 0 Å². The van der Waals surface area contributed by atoms with Crippen molar-refractivity contribution in [3.8, 4) is 0 Å². The SMILES string of the molecule is CN/C(=C\[N+](=O)[O-])NCCSCc1nsc(NC(=N)N)n1. The summed E-state index contributed by atoms with van der Waals surface area (Å²) in [7, 11) is 1.61. The highest BCUT2D eigenvalue weighted by Crippen LogP contribution is 2.15. The Bertz CT molecular complexity index is 518. The Labute approximate surface area is 129 Å². The van der Waals surface area contributed by atoms with E-state index in [1.54, 1.807) is 18.8 Å². The summed E-state index contributed by atoms with van der Waals surface area (Å²) in [5, 5.41) is 26.1. The molecule has 0 aliphatic carbocycles. The minimum Gasteiger partial charge on any atom is -0.370 e. The summed E-state index contributed by atoms with van der Waals surface area (Å²) in [6, 6.07) is 0. The van der Waals surface area contributed by atoms with Gasteiger partial charge in [0.2, 0.25) is 5.13 Å². The molecule has 0 saturated heterocycles. The Morgan fingerprint density at radius 1 is 1.67 bits per heavy atom. The number of nitrogens with zero attached hydrogens (tertiary/aromatic N) is 3. The van der Waals surface area contributed by atoms with Gasteiger partial charge in [0, 0.05) is 30.9 Å². The molecule has 0 aliphatic rings. The smallest absolute Gasteiger partial charge is 0.274 e. The van der Waals surface area contributed by atoms with Crippen LogP contribution in [0.3, 0.4) is 0 Å². The van der Waals surface area contributed by atoms with Crippen molar-refractivity contribution >= 4 is 34.4 Å². The topological polar surface area (TPSA) is 155 Å². The summed E-state index contributed by atoms with van der Waals surface area (Å²) < 4.78 is 4.12. The van der Waals surface area contributed by atoms with Crippen molar-refractivity contribution in [2.75, 3.05) is 24.7 Å². The summed E-state index contributed by atoms with van der Waals surface area (Å²) in [5.41, 5.74) is 5.19. The molecule has 0 aromatic carbocycles. The number of guanidine groups is 1. The van der Waals surface area contributed by atoms with Gasteiger partial charge >= 0.3 is 0 Å². The van der Waals surface area contributed by atoms with E-state index in [4.69, 9.17) is 11.1 Å². The molecule has 116 valence electrons. The standard InChI is InChI=1S/C9H16N8O2S2/c1-12-6(4-17(18)19)13-2-3-20-5-7-14-9(21-16-7)15-8(10)11/h4,12-13H,2-3,5H2,1H3,(H4,10,11,14,15,16)/b6-4+. The van der Waals surface area contributed by atoms with Crippen LogP contribution >= 0.6 is 23.3 Å². The highest BCUT2D eigenvalue weighted by atomic mass is 32.2. The predicted octanol–water partition coefficient (Wildman–Crippen LogP) is -0.0387. The highest BCUT2D eigenvalue weighted by Gasteiger charge is 2.05.